The molecule has 1 aromatic carbocycles. The Labute approximate surface area is 152 Å². The summed E-state index contributed by atoms with van der Waals surface area (Å²) in [6.07, 6.45) is 7.34. The van der Waals surface area contributed by atoms with Gasteiger partial charge in [0.2, 0.25) is 0 Å². The van der Waals surface area contributed by atoms with E-state index in [1.165, 1.54) is 6.07 Å². The smallest absolute Gasteiger partial charge is 0.311 e. The van der Waals surface area contributed by atoms with Crippen LogP contribution in [0.3, 0.4) is 0 Å². The summed E-state index contributed by atoms with van der Waals surface area (Å²) >= 11 is 0. The van der Waals surface area contributed by atoms with E-state index in [0.717, 1.165) is 31.3 Å². The molecule has 0 radical (unpaired) electrons. The molecule has 2 heterocycles. The molecule has 0 aliphatic carbocycles. The highest BCUT2D eigenvalue weighted by atomic mass is 32.2. The first-order valence-electron chi connectivity index (χ1n) is 8.57. The number of piperidine rings is 1. The third-order valence-corrected chi connectivity index (χ3v) is 5.88. The molecule has 1 fully saturated rings. The van der Waals surface area contributed by atoms with Crippen LogP contribution in [0, 0.1) is 10.1 Å². The van der Waals surface area contributed by atoms with Crippen LogP contribution < -0.4 is 4.90 Å². The van der Waals surface area contributed by atoms with Crippen LogP contribution in [0.2, 0.25) is 0 Å². The lowest BCUT2D eigenvalue weighted by Crippen LogP contribution is -2.37. The number of nitro benzene ring substituents is 1. The molecule has 1 saturated heterocycles. The van der Waals surface area contributed by atoms with Gasteiger partial charge in [-0.3, -0.25) is 10.1 Å². The number of imidazole rings is 1. The predicted molar refractivity (Wildman–Crippen MR) is 98.3 cm³/mol. The summed E-state index contributed by atoms with van der Waals surface area (Å²) < 4.78 is 26.1. The third-order valence-electron chi connectivity index (χ3n) is 4.76. The second kappa shape index (κ2) is 7.06. The molecule has 0 saturated carbocycles. The molecule has 26 heavy (non-hydrogen) atoms. The van der Waals surface area contributed by atoms with Gasteiger partial charge in [-0.1, -0.05) is 13.0 Å². The number of sulfone groups is 1. The van der Waals surface area contributed by atoms with Gasteiger partial charge in [0.15, 0.2) is 9.84 Å². The summed E-state index contributed by atoms with van der Waals surface area (Å²) in [6, 6.07) is 4.65. The minimum absolute atomic E-state index is 0.155. The van der Waals surface area contributed by atoms with E-state index in [9.17, 15) is 18.5 Å². The Hall–Kier alpha value is -2.42. The SMILES string of the molecule is CCc1nccn1C1CCCN(c2cccc(S(C)(=O)=O)c2[N+](=O)[O-])C1. The van der Waals surface area contributed by atoms with Crippen molar-refractivity contribution >= 4 is 21.2 Å². The first kappa shape index (κ1) is 18.4. The zero-order chi connectivity index (χ0) is 18.9. The molecule has 0 spiro atoms. The van der Waals surface area contributed by atoms with Crippen LogP contribution in [-0.2, 0) is 16.3 Å². The summed E-state index contributed by atoms with van der Waals surface area (Å²) in [4.78, 5) is 17.1. The number of aryl methyl sites for hydroxylation is 1. The maximum Gasteiger partial charge on any atom is 0.311 e. The van der Waals surface area contributed by atoms with Gasteiger partial charge in [0.25, 0.3) is 0 Å². The maximum absolute atomic E-state index is 12.0. The second-order valence-corrected chi connectivity index (χ2v) is 8.48. The van der Waals surface area contributed by atoms with Crippen molar-refractivity contribution in [2.24, 2.45) is 0 Å². The van der Waals surface area contributed by atoms with Gasteiger partial charge in [0.1, 0.15) is 16.4 Å². The summed E-state index contributed by atoms with van der Waals surface area (Å²) in [6.45, 7) is 3.28. The fraction of sp³-hybridized carbons (Fsp3) is 0.471. The first-order chi connectivity index (χ1) is 12.3. The maximum atomic E-state index is 12.0. The van der Waals surface area contributed by atoms with Crippen molar-refractivity contribution in [1.82, 2.24) is 9.55 Å². The first-order valence-corrected chi connectivity index (χ1v) is 10.5. The summed E-state index contributed by atoms with van der Waals surface area (Å²) in [5, 5.41) is 11.6. The molecule has 1 unspecified atom stereocenters. The number of anilines is 1. The topological polar surface area (TPSA) is 98.3 Å². The fourth-order valence-electron chi connectivity index (χ4n) is 3.60. The van der Waals surface area contributed by atoms with Gasteiger partial charge in [-0.05, 0) is 25.0 Å². The molecule has 0 amide bonds. The minimum Gasteiger partial charge on any atom is -0.364 e. The Balaban J connectivity index is 2.00. The quantitative estimate of drug-likeness (QED) is 0.586. The predicted octanol–water partition coefficient (Wildman–Crippen LogP) is 2.60. The second-order valence-electron chi connectivity index (χ2n) is 6.50. The molecule has 1 aromatic heterocycles. The van der Waals surface area contributed by atoms with Crippen LogP contribution >= 0.6 is 0 Å². The van der Waals surface area contributed by atoms with E-state index in [1.54, 1.807) is 18.3 Å². The van der Waals surface area contributed by atoms with Crippen molar-refractivity contribution in [2.45, 2.75) is 37.1 Å². The van der Waals surface area contributed by atoms with Crippen molar-refractivity contribution in [3.8, 4) is 0 Å². The molecule has 1 atom stereocenters. The molecular weight excluding hydrogens is 356 g/mol. The number of hydrogen-bond acceptors (Lipinski definition) is 6. The fourth-order valence-corrected chi connectivity index (χ4v) is 4.46. The highest BCUT2D eigenvalue weighted by molar-refractivity contribution is 7.90. The van der Waals surface area contributed by atoms with Crippen molar-refractivity contribution in [3.05, 3.63) is 46.5 Å². The van der Waals surface area contributed by atoms with E-state index in [2.05, 4.69) is 9.55 Å². The van der Waals surface area contributed by atoms with Crippen LogP contribution in [0.15, 0.2) is 35.5 Å². The molecule has 1 aliphatic heterocycles. The average molecular weight is 378 g/mol. The lowest BCUT2D eigenvalue weighted by Gasteiger charge is -2.35. The molecule has 0 N–H and O–H groups in total. The van der Waals surface area contributed by atoms with Crippen LogP contribution in [-0.4, -0.2) is 42.2 Å². The van der Waals surface area contributed by atoms with Gasteiger partial charge in [-0.15, -0.1) is 0 Å². The lowest BCUT2D eigenvalue weighted by atomic mass is 10.0. The molecular formula is C17H22N4O4S. The highest BCUT2D eigenvalue weighted by Gasteiger charge is 2.31. The summed E-state index contributed by atoms with van der Waals surface area (Å²) in [5.41, 5.74) is 0.0257. The third kappa shape index (κ3) is 3.44. The van der Waals surface area contributed by atoms with Crippen molar-refractivity contribution in [3.63, 3.8) is 0 Å². The van der Waals surface area contributed by atoms with Crippen LogP contribution in [0.4, 0.5) is 11.4 Å². The zero-order valence-corrected chi connectivity index (χ0v) is 15.6. The molecule has 2 aromatic rings. The van der Waals surface area contributed by atoms with Gasteiger partial charge < -0.3 is 9.47 Å². The monoisotopic (exact) mass is 378 g/mol. The Bertz CT molecular complexity index is 923. The molecule has 140 valence electrons. The minimum atomic E-state index is -3.69. The number of nitro groups is 1. The van der Waals surface area contributed by atoms with E-state index in [0.29, 0.717) is 18.8 Å². The lowest BCUT2D eigenvalue weighted by molar-refractivity contribution is -0.387. The van der Waals surface area contributed by atoms with Gasteiger partial charge in [-0.2, -0.15) is 0 Å². The molecule has 0 bridgehead atoms. The van der Waals surface area contributed by atoms with Crippen molar-refractivity contribution in [2.75, 3.05) is 24.2 Å². The number of benzene rings is 1. The van der Waals surface area contributed by atoms with E-state index >= 15 is 0 Å². The average Bonchev–Trinajstić information content (AvgIpc) is 3.09. The van der Waals surface area contributed by atoms with E-state index in [4.69, 9.17) is 0 Å². The Morgan fingerprint density at radius 2 is 2.15 bits per heavy atom. The largest absolute Gasteiger partial charge is 0.364 e. The standard InChI is InChI=1S/C17H22N4O4S/c1-3-16-18-9-11-20(16)13-6-5-10-19(12-13)14-7-4-8-15(26(2,24)25)17(14)21(22)23/h4,7-9,11,13H,3,5-6,10,12H2,1-2H3. The molecule has 8 nitrogen and oxygen atoms in total. The molecule has 1 aliphatic rings. The number of hydrogen-bond donors (Lipinski definition) is 0. The van der Waals surface area contributed by atoms with Crippen LogP contribution in [0.5, 0.6) is 0 Å². The van der Waals surface area contributed by atoms with Crippen molar-refractivity contribution in [1.29, 1.82) is 0 Å². The Kier molecular flexibility index (Phi) is 4.99. The van der Waals surface area contributed by atoms with E-state index in [1.807, 2.05) is 18.0 Å². The van der Waals surface area contributed by atoms with E-state index in [-0.39, 0.29) is 16.6 Å². The van der Waals surface area contributed by atoms with E-state index < -0.39 is 14.8 Å². The number of para-hydroxylation sites is 1. The molecule has 3 rings (SSSR count). The van der Waals surface area contributed by atoms with Crippen LogP contribution in [0.1, 0.15) is 31.6 Å². The Morgan fingerprint density at radius 3 is 2.81 bits per heavy atom. The van der Waals surface area contributed by atoms with Crippen molar-refractivity contribution < 1.29 is 13.3 Å². The van der Waals surface area contributed by atoms with Gasteiger partial charge in [0.05, 0.1) is 11.0 Å². The van der Waals surface area contributed by atoms with Gasteiger partial charge in [0, 0.05) is 38.2 Å². The van der Waals surface area contributed by atoms with Crippen LogP contribution in [0.25, 0.3) is 0 Å². The zero-order valence-electron chi connectivity index (χ0n) is 14.8. The number of rotatable bonds is 5. The highest BCUT2D eigenvalue weighted by Crippen LogP contribution is 2.37. The molecule has 9 heteroatoms. The normalized spacial score (nSPS) is 18.1. The number of aromatic nitrogens is 2. The van der Waals surface area contributed by atoms with Gasteiger partial charge >= 0.3 is 5.69 Å². The van der Waals surface area contributed by atoms with Gasteiger partial charge in [-0.25, -0.2) is 13.4 Å². The number of nitrogens with zero attached hydrogens (tertiary/aromatic N) is 4. The summed E-state index contributed by atoms with van der Waals surface area (Å²) in [7, 11) is -3.69. The Morgan fingerprint density at radius 1 is 1.38 bits per heavy atom. The summed E-state index contributed by atoms with van der Waals surface area (Å²) in [5.74, 6) is 0.983.